The Morgan fingerprint density at radius 1 is 1.00 bits per heavy atom. The molecule has 19 heavy (non-hydrogen) atoms. The van der Waals surface area contributed by atoms with E-state index in [4.69, 9.17) is 0 Å². The molecule has 0 saturated carbocycles. The lowest BCUT2D eigenvalue weighted by Gasteiger charge is -2.17. The predicted molar refractivity (Wildman–Crippen MR) is 68.3 cm³/mol. The van der Waals surface area contributed by atoms with Crippen LogP contribution in [0.3, 0.4) is 0 Å². The largest absolute Gasteiger partial charge is 0.313 e. The van der Waals surface area contributed by atoms with E-state index in [9.17, 15) is 13.2 Å². The van der Waals surface area contributed by atoms with E-state index in [-0.39, 0.29) is 11.9 Å². The lowest BCUT2D eigenvalue weighted by Crippen LogP contribution is -2.19. The molecule has 2 rings (SSSR count). The van der Waals surface area contributed by atoms with Crippen molar-refractivity contribution in [3.63, 3.8) is 0 Å². The molecule has 0 aliphatic carbocycles. The maximum atomic E-state index is 13.6. The Morgan fingerprint density at radius 2 is 1.68 bits per heavy atom. The SMILES string of the molecule is CNC(Cc1cccc(F)c1F)c1ccc(F)cc1. The normalized spacial score (nSPS) is 12.4. The van der Waals surface area contributed by atoms with E-state index in [1.54, 1.807) is 25.2 Å². The van der Waals surface area contributed by atoms with Crippen LogP contribution in [0.15, 0.2) is 42.5 Å². The Labute approximate surface area is 110 Å². The Morgan fingerprint density at radius 3 is 2.32 bits per heavy atom. The van der Waals surface area contributed by atoms with Crippen LogP contribution in [0.5, 0.6) is 0 Å². The standard InChI is InChI=1S/C15H14F3N/c1-19-14(10-5-7-12(16)8-6-10)9-11-3-2-4-13(17)15(11)18/h2-8,14,19H,9H2,1H3. The zero-order valence-corrected chi connectivity index (χ0v) is 10.5. The van der Waals surface area contributed by atoms with Crippen molar-refractivity contribution >= 4 is 0 Å². The Hall–Kier alpha value is -1.81. The van der Waals surface area contributed by atoms with Crippen LogP contribution < -0.4 is 5.32 Å². The highest BCUT2D eigenvalue weighted by Crippen LogP contribution is 2.21. The van der Waals surface area contributed by atoms with Gasteiger partial charge in [-0.1, -0.05) is 24.3 Å². The summed E-state index contributed by atoms with van der Waals surface area (Å²) in [6, 6.07) is 9.88. The fraction of sp³-hybridized carbons (Fsp3) is 0.200. The summed E-state index contributed by atoms with van der Waals surface area (Å²) in [4.78, 5) is 0. The smallest absolute Gasteiger partial charge is 0.162 e. The highest BCUT2D eigenvalue weighted by atomic mass is 19.2. The number of hydrogen-bond acceptors (Lipinski definition) is 1. The highest BCUT2D eigenvalue weighted by molar-refractivity contribution is 5.25. The molecule has 0 fully saturated rings. The molecule has 0 aliphatic heterocycles. The van der Waals surface area contributed by atoms with Crippen LogP contribution in [0.2, 0.25) is 0 Å². The molecular formula is C15H14F3N. The van der Waals surface area contributed by atoms with Crippen molar-refractivity contribution in [2.45, 2.75) is 12.5 Å². The summed E-state index contributed by atoms with van der Waals surface area (Å²) in [5, 5.41) is 3.02. The van der Waals surface area contributed by atoms with Crippen LogP contribution in [0.1, 0.15) is 17.2 Å². The van der Waals surface area contributed by atoms with E-state index < -0.39 is 11.6 Å². The molecule has 0 aromatic heterocycles. The fourth-order valence-corrected chi connectivity index (χ4v) is 2.01. The molecule has 4 heteroatoms. The minimum absolute atomic E-state index is 0.197. The van der Waals surface area contributed by atoms with Gasteiger partial charge in [-0.15, -0.1) is 0 Å². The molecule has 0 spiro atoms. The van der Waals surface area contributed by atoms with Crippen LogP contribution >= 0.6 is 0 Å². The van der Waals surface area contributed by atoms with Gasteiger partial charge in [0.2, 0.25) is 0 Å². The molecule has 0 saturated heterocycles. The van der Waals surface area contributed by atoms with Gasteiger partial charge in [0, 0.05) is 6.04 Å². The molecule has 0 radical (unpaired) electrons. The van der Waals surface area contributed by atoms with Gasteiger partial charge in [0.1, 0.15) is 5.82 Å². The lowest BCUT2D eigenvalue weighted by molar-refractivity contribution is 0.486. The monoisotopic (exact) mass is 265 g/mol. The number of nitrogens with one attached hydrogen (secondary N) is 1. The van der Waals surface area contributed by atoms with Gasteiger partial charge in [-0.05, 0) is 42.8 Å². The number of halogens is 3. The van der Waals surface area contributed by atoms with E-state index >= 15 is 0 Å². The van der Waals surface area contributed by atoms with Gasteiger partial charge in [-0.2, -0.15) is 0 Å². The second-order valence-corrected chi connectivity index (χ2v) is 4.31. The molecule has 0 heterocycles. The first-order chi connectivity index (χ1) is 9.11. The molecule has 1 unspecified atom stereocenters. The minimum atomic E-state index is -0.855. The van der Waals surface area contributed by atoms with E-state index in [1.165, 1.54) is 18.2 Å². The molecule has 2 aromatic rings. The van der Waals surface area contributed by atoms with Crippen LogP contribution in [0.4, 0.5) is 13.2 Å². The van der Waals surface area contributed by atoms with Gasteiger partial charge in [-0.3, -0.25) is 0 Å². The molecule has 1 N–H and O–H groups in total. The Bertz CT molecular complexity index is 552. The molecule has 1 nitrogen and oxygen atoms in total. The van der Waals surface area contributed by atoms with Crippen molar-refractivity contribution in [2.24, 2.45) is 0 Å². The quantitative estimate of drug-likeness (QED) is 0.890. The van der Waals surface area contributed by atoms with E-state index in [0.717, 1.165) is 11.6 Å². The Kier molecular flexibility index (Phi) is 4.22. The van der Waals surface area contributed by atoms with Crippen molar-refractivity contribution in [1.29, 1.82) is 0 Å². The maximum absolute atomic E-state index is 13.6. The lowest BCUT2D eigenvalue weighted by atomic mass is 9.98. The van der Waals surface area contributed by atoms with Gasteiger partial charge < -0.3 is 5.32 Å². The minimum Gasteiger partial charge on any atom is -0.313 e. The predicted octanol–water partition coefficient (Wildman–Crippen LogP) is 3.61. The van der Waals surface area contributed by atoms with Crippen molar-refractivity contribution in [3.8, 4) is 0 Å². The van der Waals surface area contributed by atoms with Gasteiger partial charge in [0.05, 0.1) is 0 Å². The van der Waals surface area contributed by atoms with Gasteiger partial charge >= 0.3 is 0 Å². The summed E-state index contributed by atoms with van der Waals surface area (Å²) >= 11 is 0. The second-order valence-electron chi connectivity index (χ2n) is 4.31. The van der Waals surface area contributed by atoms with Crippen LogP contribution in [0.25, 0.3) is 0 Å². The number of rotatable bonds is 4. The highest BCUT2D eigenvalue weighted by Gasteiger charge is 2.14. The summed E-state index contributed by atoms with van der Waals surface area (Å²) in [6.45, 7) is 0. The third-order valence-electron chi connectivity index (χ3n) is 3.08. The molecule has 1 atom stereocenters. The molecule has 0 aliphatic rings. The zero-order chi connectivity index (χ0) is 13.8. The van der Waals surface area contributed by atoms with E-state index in [2.05, 4.69) is 5.32 Å². The number of likely N-dealkylation sites (N-methyl/N-ethyl adjacent to an activating group) is 1. The van der Waals surface area contributed by atoms with Crippen molar-refractivity contribution < 1.29 is 13.2 Å². The summed E-state index contributed by atoms with van der Waals surface area (Å²) in [6.07, 6.45) is 0.297. The van der Waals surface area contributed by atoms with Gasteiger partial charge in [-0.25, -0.2) is 13.2 Å². The summed E-state index contributed by atoms with van der Waals surface area (Å²) in [5.41, 5.74) is 1.12. The van der Waals surface area contributed by atoms with Crippen molar-refractivity contribution in [3.05, 3.63) is 71.0 Å². The fourth-order valence-electron chi connectivity index (χ4n) is 2.01. The maximum Gasteiger partial charge on any atom is 0.162 e. The molecular weight excluding hydrogens is 251 g/mol. The van der Waals surface area contributed by atoms with Gasteiger partial charge in [0.15, 0.2) is 11.6 Å². The second kappa shape index (κ2) is 5.89. The van der Waals surface area contributed by atoms with Crippen LogP contribution in [0, 0.1) is 17.5 Å². The van der Waals surface area contributed by atoms with Gasteiger partial charge in [0.25, 0.3) is 0 Å². The van der Waals surface area contributed by atoms with E-state index in [0.29, 0.717) is 12.0 Å². The molecule has 0 bridgehead atoms. The average molecular weight is 265 g/mol. The average Bonchev–Trinajstić information content (AvgIpc) is 2.42. The number of hydrogen-bond donors (Lipinski definition) is 1. The first-order valence-electron chi connectivity index (χ1n) is 5.97. The first kappa shape index (κ1) is 13.6. The third kappa shape index (κ3) is 3.15. The Balaban J connectivity index is 2.24. The topological polar surface area (TPSA) is 12.0 Å². The number of benzene rings is 2. The van der Waals surface area contributed by atoms with Crippen molar-refractivity contribution in [1.82, 2.24) is 5.32 Å². The summed E-state index contributed by atoms with van der Waals surface area (Å²) in [7, 11) is 1.73. The van der Waals surface area contributed by atoms with E-state index in [1.807, 2.05) is 0 Å². The van der Waals surface area contributed by atoms with Crippen LogP contribution in [-0.4, -0.2) is 7.05 Å². The summed E-state index contributed by atoms with van der Waals surface area (Å²) in [5.74, 6) is -2.01. The van der Waals surface area contributed by atoms with Crippen molar-refractivity contribution in [2.75, 3.05) is 7.05 Å². The summed E-state index contributed by atoms with van der Waals surface area (Å²) < 4.78 is 39.6. The first-order valence-corrected chi connectivity index (χ1v) is 5.97. The molecule has 0 amide bonds. The zero-order valence-electron chi connectivity index (χ0n) is 10.5. The van der Waals surface area contributed by atoms with Crippen LogP contribution in [-0.2, 0) is 6.42 Å². The molecule has 100 valence electrons. The third-order valence-corrected chi connectivity index (χ3v) is 3.08. The molecule has 2 aromatic carbocycles.